The molecular formula is C13H17F2N3O2. The highest BCUT2D eigenvalue weighted by Crippen LogP contribution is 2.17. The van der Waals surface area contributed by atoms with Crippen LogP contribution in [0.5, 0.6) is 0 Å². The molecule has 20 heavy (non-hydrogen) atoms. The molecule has 3 amide bonds. The summed E-state index contributed by atoms with van der Waals surface area (Å²) in [6, 6.07) is 2.07. The summed E-state index contributed by atoms with van der Waals surface area (Å²) in [4.78, 5) is 22.0. The van der Waals surface area contributed by atoms with Crippen molar-refractivity contribution in [1.29, 1.82) is 0 Å². The Morgan fingerprint density at radius 1 is 1.35 bits per heavy atom. The summed E-state index contributed by atoms with van der Waals surface area (Å²) < 4.78 is 26.3. The minimum Gasteiger partial charge on any atom is -0.370 e. The van der Waals surface area contributed by atoms with Gasteiger partial charge >= 0.3 is 6.03 Å². The van der Waals surface area contributed by atoms with Crippen LogP contribution in [0, 0.1) is 11.6 Å². The van der Waals surface area contributed by atoms with Crippen molar-refractivity contribution in [3.8, 4) is 0 Å². The largest absolute Gasteiger partial charge is 0.370 e. The van der Waals surface area contributed by atoms with Gasteiger partial charge in [0.1, 0.15) is 11.6 Å². The molecule has 0 bridgehead atoms. The Kier molecular flexibility index (Phi) is 5.89. The van der Waals surface area contributed by atoms with Gasteiger partial charge in [-0.25, -0.2) is 13.6 Å². The number of carbonyl (C=O) groups is 2. The third-order valence-electron chi connectivity index (χ3n) is 2.66. The van der Waals surface area contributed by atoms with Crippen LogP contribution >= 0.6 is 0 Å². The number of halogens is 2. The number of nitrogens with two attached hydrogens (primary N) is 1. The molecule has 0 radical (unpaired) electrons. The van der Waals surface area contributed by atoms with Gasteiger partial charge in [-0.1, -0.05) is 6.07 Å². The Hall–Kier alpha value is -2.18. The number of amides is 3. The van der Waals surface area contributed by atoms with Crippen molar-refractivity contribution in [1.82, 2.24) is 10.6 Å². The Morgan fingerprint density at radius 2 is 2.05 bits per heavy atom. The quantitative estimate of drug-likeness (QED) is 0.693. The van der Waals surface area contributed by atoms with Crippen LogP contribution in [0.2, 0.25) is 0 Å². The Morgan fingerprint density at radius 3 is 2.65 bits per heavy atom. The van der Waals surface area contributed by atoms with E-state index in [4.69, 9.17) is 5.73 Å². The van der Waals surface area contributed by atoms with Crippen molar-refractivity contribution in [3.63, 3.8) is 0 Å². The molecule has 1 unspecified atom stereocenters. The monoisotopic (exact) mass is 285 g/mol. The molecule has 1 atom stereocenters. The van der Waals surface area contributed by atoms with Crippen LogP contribution in [0.3, 0.4) is 0 Å². The number of rotatable bonds is 6. The summed E-state index contributed by atoms with van der Waals surface area (Å²) in [5.41, 5.74) is 5.15. The highest BCUT2D eigenvalue weighted by Gasteiger charge is 2.13. The van der Waals surface area contributed by atoms with Crippen LogP contribution in [-0.4, -0.2) is 18.5 Å². The number of urea groups is 1. The van der Waals surface area contributed by atoms with Gasteiger partial charge in [0.2, 0.25) is 5.91 Å². The molecule has 5 nitrogen and oxygen atoms in total. The number of hydrogen-bond acceptors (Lipinski definition) is 2. The van der Waals surface area contributed by atoms with E-state index in [1.807, 2.05) is 0 Å². The fourth-order valence-electron chi connectivity index (χ4n) is 1.64. The van der Waals surface area contributed by atoms with Crippen LogP contribution in [0.4, 0.5) is 13.6 Å². The molecule has 7 heteroatoms. The van der Waals surface area contributed by atoms with Crippen molar-refractivity contribution < 1.29 is 18.4 Å². The lowest BCUT2D eigenvalue weighted by Crippen LogP contribution is -2.38. The van der Waals surface area contributed by atoms with E-state index in [0.717, 1.165) is 12.1 Å². The molecule has 1 rings (SSSR count). The smallest absolute Gasteiger partial charge is 0.315 e. The molecule has 4 N–H and O–H groups in total. The molecule has 0 saturated heterocycles. The third-order valence-corrected chi connectivity index (χ3v) is 2.66. The Balaban J connectivity index is 2.43. The fraction of sp³-hybridized carbons (Fsp3) is 0.385. The molecule has 0 aromatic heterocycles. The van der Waals surface area contributed by atoms with Gasteiger partial charge in [0.05, 0.1) is 6.04 Å². The summed E-state index contributed by atoms with van der Waals surface area (Å²) in [6.07, 6.45) is 0.616. The van der Waals surface area contributed by atoms with E-state index >= 15 is 0 Å². The molecule has 0 aliphatic carbocycles. The van der Waals surface area contributed by atoms with E-state index in [1.165, 1.54) is 6.07 Å². The number of nitrogens with one attached hydrogen (secondary N) is 2. The highest BCUT2D eigenvalue weighted by atomic mass is 19.1. The van der Waals surface area contributed by atoms with Gasteiger partial charge in [0.15, 0.2) is 0 Å². The molecular weight excluding hydrogens is 268 g/mol. The van der Waals surface area contributed by atoms with Crippen LogP contribution in [0.15, 0.2) is 18.2 Å². The van der Waals surface area contributed by atoms with Crippen LogP contribution in [0.25, 0.3) is 0 Å². The van der Waals surface area contributed by atoms with Crippen molar-refractivity contribution >= 4 is 11.9 Å². The summed E-state index contributed by atoms with van der Waals surface area (Å²) in [7, 11) is 0. The van der Waals surface area contributed by atoms with E-state index in [-0.39, 0.29) is 18.5 Å². The molecule has 110 valence electrons. The van der Waals surface area contributed by atoms with Crippen molar-refractivity contribution in [2.45, 2.75) is 25.8 Å². The van der Waals surface area contributed by atoms with Gasteiger partial charge in [-0.05, 0) is 19.4 Å². The average molecular weight is 285 g/mol. The van der Waals surface area contributed by atoms with Gasteiger partial charge in [-0.2, -0.15) is 0 Å². The maximum Gasteiger partial charge on any atom is 0.315 e. The number of benzene rings is 1. The van der Waals surface area contributed by atoms with E-state index < -0.39 is 29.6 Å². The lowest BCUT2D eigenvalue weighted by molar-refractivity contribution is -0.118. The number of primary amides is 1. The predicted octanol–water partition coefficient (Wildman–Crippen LogP) is 1.59. The Bertz CT molecular complexity index is 495. The van der Waals surface area contributed by atoms with E-state index in [0.29, 0.717) is 6.42 Å². The molecule has 0 saturated carbocycles. The van der Waals surface area contributed by atoms with E-state index in [1.54, 1.807) is 6.92 Å². The van der Waals surface area contributed by atoms with Crippen LogP contribution in [0.1, 0.15) is 31.4 Å². The second-order valence-corrected chi connectivity index (χ2v) is 4.36. The van der Waals surface area contributed by atoms with Gasteiger partial charge in [0.25, 0.3) is 0 Å². The summed E-state index contributed by atoms with van der Waals surface area (Å²) in [6.45, 7) is 1.87. The normalized spacial score (nSPS) is 11.8. The van der Waals surface area contributed by atoms with Crippen molar-refractivity contribution in [3.05, 3.63) is 35.4 Å². The summed E-state index contributed by atoms with van der Waals surface area (Å²) in [5.74, 6) is -1.82. The van der Waals surface area contributed by atoms with Crippen LogP contribution in [-0.2, 0) is 4.79 Å². The number of hydrogen-bond donors (Lipinski definition) is 3. The maximum atomic E-state index is 13.5. The lowest BCUT2D eigenvalue weighted by Gasteiger charge is -2.15. The zero-order valence-corrected chi connectivity index (χ0v) is 11.1. The highest BCUT2D eigenvalue weighted by molar-refractivity contribution is 5.75. The zero-order valence-electron chi connectivity index (χ0n) is 11.1. The first kappa shape index (κ1) is 15.9. The Labute approximate surface area is 115 Å². The van der Waals surface area contributed by atoms with E-state index in [9.17, 15) is 18.4 Å². The fourth-order valence-corrected chi connectivity index (χ4v) is 1.64. The second kappa shape index (κ2) is 7.42. The molecule has 0 heterocycles. The van der Waals surface area contributed by atoms with Gasteiger partial charge in [-0.15, -0.1) is 0 Å². The second-order valence-electron chi connectivity index (χ2n) is 4.36. The predicted molar refractivity (Wildman–Crippen MR) is 69.7 cm³/mol. The first-order chi connectivity index (χ1) is 9.40. The molecule has 0 spiro atoms. The van der Waals surface area contributed by atoms with Crippen LogP contribution < -0.4 is 16.4 Å². The molecule has 1 aromatic rings. The lowest BCUT2D eigenvalue weighted by atomic mass is 10.1. The molecule has 0 aliphatic heterocycles. The molecule has 0 aliphatic rings. The third kappa shape index (κ3) is 5.21. The van der Waals surface area contributed by atoms with Gasteiger partial charge in [0, 0.05) is 24.6 Å². The zero-order chi connectivity index (χ0) is 15.1. The number of carbonyl (C=O) groups excluding carboxylic acids is 2. The van der Waals surface area contributed by atoms with E-state index in [2.05, 4.69) is 10.6 Å². The van der Waals surface area contributed by atoms with Gasteiger partial charge < -0.3 is 16.4 Å². The van der Waals surface area contributed by atoms with Gasteiger partial charge in [-0.3, -0.25) is 4.79 Å². The first-order valence-electron chi connectivity index (χ1n) is 6.17. The maximum absolute atomic E-state index is 13.5. The minimum atomic E-state index is -0.716. The SMILES string of the molecule is CC(NC(=O)NCCCC(N)=O)c1ccc(F)cc1F. The first-order valence-corrected chi connectivity index (χ1v) is 6.17. The summed E-state index contributed by atoms with van der Waals surface area (Å²) in [5, 5.41) is 5.03. The summed E-state index contributed by atoms with van der Waals surface area (Å²) >= 11 is 0. The van der Waals surface area contributed by atoms with Crippen molar-refractivity contribution in [2.75, 3.05) is 6.54 Å². The standard InChI is InChI=1S/C13H17F2N3O2/c1-8(10-5-4-9(14)7-11(10)15)18-13(20)17-6-2-3-12(16)19/h4-5,7-8H,2-3,6H2,1H3,(H2,16,19)(H2,17,18,20). The average Bonchev–Trinajstić information content (AvgIpc) is 2.34. The minimum absolute atomic E-state index is 0.183. The molecule has 1 aromatic carbocycles. The topological polar surface area (TPSA) is 84.2 Å². The molecule has 0 fully saturated rings. The van der Waals surface area contributed by atoms with Crippen molar-refractivity contribution in [2.24, 2.45) is 5.73 Å².